The van der Waals surface area contributed by atoms with Gasteiger partial charge in [-0.05, 0) is 39.0 Å². The molecule has 1 aromatic carbocycles. The van der Waals surface area contributed by atoms with E-state index in [0.717, 1.165) is 24.5 Å². The van der Waals surface area contributed by atoms with E-state index < -0.39 is 0 Å². The molecule has 126 valence electrons. The van der Waals surface area contributed by atoms with Gasteiger partial charge >= 0.3 is 6.03 Å². The molecule has 1 aliphatic heterocycles. The number of carbonyl (C=O) groups excluding carboxylic acids is 2. The molecular weight excluding hydrogens is 292 g/mol. The fraction of sp³-hybridized carbons (Fsp3) is 0.529. The molecule has 2 N–H and O–H groups in total. The molecule has 0 aliphatic carbocycles. The smallest absolute Gasteiger partial charge is 0.317 e. The summed E-state index contributed by atoms with van der Waals surface area (Å²) in [6, 6.07) is 7.78. The maximum atomic E-state index is 12.2. The Bertz CT molecular complexity index is 572. The largest absolute Gasteiger partial charge is 0.368 e. The van der Waals surface area contributed by atoms with Crippen LogP contribution in [0, 0.1) is 0 Å². The molecule has 1 aliphatic rings. The molecule has 0 atom stereocenters. The van der Waals surface area contributed by atoms with E-state index in [9.17, 15) is 9.59 Å². The van der Waals surface area contributed by atoms with Crippen LogP contribution in [0.5, 0.6) is 0 Å². The van der Waals surface area contributed by atoms with Gasteiger partial charge in [0.1, 0.15) is 0 Å². The minimum atomic E-state index is -0.221. The van der Waals surface area contributed by atoms with Crippen molar-refractivity contribution in [2.75, 3.05) is 36.4 Å². The Balaban J connectivity index is 1.94. The Labute approximate surface area is 137 Å². The topological polar surface area (TPSA) is 64.7 Å². The van der Waals surface area contributed by atoms with Crippen molar-refractivity contribution in [2.45, 2.75) is 33.2 Å². The zero-order chi connectivity index (χ0) is 17.0. The number of amides is 3. The molecule has 1 saturated heterocycles. The summed E-state index contributed by atoms with van der Waals surface area (Å²) in [7, 11) is 0. The lowest BCUT2D eigenvalue weighted by Crippen LogP contribution is -2.55. The highest BCUT2D eigenvalue weighted by Gasteiger charge is 2.24. The lowest BCUT2D eigenvalue weighted by Gasteiger charge is -2.37. The third kappa shape index (κ3) is 5.16. The van der Waals surface area contributed by atoms with Crippen molar-refractivity contribution in [2.24, 2.45) is 0 Å². The molecule has 0 unspecified atom stereocenters. The molecule has 0 spiro atoms. The van der Waals surface area contributed by atoms with Gasteiger partial charge in [0, 0.05) is 50.0 Å². The van der Waals surface area contributed by atoms with Gasteiger partial charge in [-0.25, -0.2) is 4.79 Å². The maximum absolute atomic E-state index is 12.2. The van der Waals surface area contributed by atoms with Crippen LogP contribution in [0.1, 0.15) is 27.7 Å². The number of rotatable bonds is 2. The minimum absolute atomic E-state index is 0.0100. The summed E-state index contributed by atoms with van der Waals surface area (Å²) < 4.78 is 0. The fourth-order valence-corrected chi connectivity index (χ4v) is 2.55. The van der Waals surface area contributed by atoms with Crippen LogP contribution in [0.3, 0.4) is 0 Å². The van der Waals surface area contributed by atoms with E-state index in [1.165, 1.54) is 6.92 Å². The van der Waals surface area contributed by atoms with Gasteiger partial charge in [0.25, 0.3) is 0 Å². The van der Waals surface area contributed by atoms with Crippen LogP contribution in [0.2, 0.25) is 0 Å². The molecule has 3 amide bonds. The highest BCUT2D eigenvalue weighted by Crippen LogP contribution is 2.21. The van der Waals surface area contributed by atoms with Crippen LogP contribution in [-0.2, 0) is 4.79 Å². The van der Waals surface area contributed by atoms with Gasteiger partial charge in [0.05, 0.1) is 0 Å². The molecule has 0 bridgehead atoms. The Morgan fingerprint density at radius 1 is 1.09 bits per heavy atom. The zero-order valence-electron chi connectivity index (χ0n) is 14.3. The van der Waals surface area contributed by atoms with Crippen molar-refractivity contribution in [3.63, 3.8) is 0 Å². The first-order chi connectivity index (χ1) is 10.7. The predicted octanol–water partition coefficient (Wildman–Crippen LogP) is 2.28. The number of benzene rings is 1. The monoisotopic (exact) mass is 318 g/mol. The third-order valence-electron chi connectivity index (χ3n) is 3.58. The summed E-state index contributed by atoms with van der Waals surface area (Å²) in [6.45, 7) is 10.4. The van der Waals surface area contributed by atoms with Crippen LogP contribution in [0.15, 0.2) is 24.3 Å². The number of hydrogen-bond donors (Lipinski definition) is 2. The van der Waals surface area contributed by atoms with Crippen molar-refractivity contribution >= 4 is 23.3 Å². The Kier molecular flexibility index (Phi) is 5.13. The van der Waals surface area contributed by atoms with E-state index in [4.69, 9.17) is 0 Å². The lowest BCUT2D eigenvalue weighted by atomic mass is 10.1. The standard InChI is InChI=1S/C17H26N4O2/c1-13(22)18-14-6-5-7-15(12-14)20-8-10-21(11-9-20)16(23)19-17(2,3)4/h5-7,12H,8-11H2,1-4H3,(H,18,22)(H,19,23). The lowest BCUT2D eigenvalue weighted by molar-refractivity contribution is -0.114. The second-order valence-electron chi connectivity index (χ2n) is 6.89. The van der Waals surface area contributed by atoms with E-state index in [0.29, 0.717) is 13.1 Å². The average molecular weight is 318 g/mol. The quantitative estimate of drug-likeness (QED) is 0.879. The van der Waals surface area contributed by atoms with Gasteiger partial charge in [-0.15, -0.1) is 0 Å². The van der Waals surface area contributed by atoms with Crippen molar-refractivity contribution in [3.8, 4) is 0 Å². The molecule has 23 heavy (non-hydrogen) atoms. The highest BCUT2D eigenvalue weighted by atomic mass is 16.2. The first-order valence-electron chi connectivity index (χ1n) is 7.94. The number of anilines is 2. The number of urea groups is 1. The molecule has 2 rings (SSSR count). The number of hydrogen-bond acceptors (Lipinski definition) is 3. The van der Waals surface area contributed by atoms with Crippen LogP contribution in [0.4, 0.5) is 16.2 Å². The molecule has 6 heteroatoms. The van der Waals surface area contributed by atoms with Gasteiger partial charge in [0.15, 0.2) is 0 Å². The SMILES string of the molecule is CC(=O)Nc1cccc(N2CCN(C(=O)NC(C)(C)C)CC2)c1. The van der Waals surface area contributed by atoms with Crippen LogP contribution < -0.4 is 15.5 Å². The summed E-state index contributed by atoms with van der Waals surface area (Å²) >= 11 is 0. The van der Waals surface area contributed by atoms with Gasteiger partial charge in [-0.2, -0.15) is 0 Å². The van der Waals surface area contributed by atoms with E-state index in [2.05, 4.69) is 15.5 Å². The predicted molar refractivity (Wildman–Crippen MR) is 92.8 cm³/mol. The third-order valence-corrected chi connectivity index (χ3v) is 3.58. The Morgan fingerprint density at radius 2 is 1.74 bits per heavy atom. The normalized spacial score (nSPS) is 15.3. The van der Waals surface area contributed by atoms with Crippen molar-refractivity contribution in [3.05, 3.63) is 24.3 Å². The van der Waals surface area contributed by atoms with Gasteiger partial charge in [-0.3, -0.25) is 4.79 Å². The first kappa shape index (κ1) is 17.1. The molecule has 6 nitrogen and oxygen atoms in total. The molecular formula is C17H26N4O2. The van der Waals surface area contributed by atoms with Crippen LogP contribution in [-0.4, -0.2) is 48.6 Å². The Morgan fingerprint density at radius 3 is 2.30 bits per heavy atom. The van der Waals surface area contributed by atoms with Crippen molar-refractivity contribution < 1.29 is 9.59 Å². The van der Waals surface area contributed by atoms with E-state index in [1.54, 1.807) is 0 Å². The molecule has 0 aromatic heterocycles. The van der Waals surface area contributed by atoms with Gasteiger partial charge in [-0.1, -0.05) is 6.07 Å². The minimum Gasteiger partial charge on any atom is -0.368 e. The molecule has 0 radical (unpaired) electrons. The molecule has 0 saturated carbocycles. The summed E-state index contributed by atoms with van der Waals surface area (Å²) in [5.74, 6) is -0.0779. The summed E-state index contributed by atoms with van der Waals surface area (Å²) in [4.78, 5) is 27.4. The first-order valence-corrected chi connectivity index (χ1v) is 7.94. The van der Waals surface area contributed by atoms with E-state index in [-0.39, 0.29) is 17.5 Å². The Hall–Kier alpha value is -2.24. The van der Waals surface area contributed by atoms with Crippen LogP contribution in [0.25, 0.3) is 0 Å². The van der Waals surface area contributed by atoms with Crippen LogP contribution >= 0.6 is 0 Å². The molecule has 1 aromatic rings. The fourth-order valence-electron chi connectivity index (χ4n) is 2.55. The number of piperazine rings is 1. The maximum Gasteiger partial charge on any atom is 0.317 e. The summed E-state index contributed by atoms with van der Waals surface area (Å²) in [5.41, 5.74) is 1.64. The van der Waals surface area contributed by atoms with E-state index >= 15 is 0 Å². The second-order valence-corrected chi connectivity index (χ2v) is 6.89. The second kappa shape index (κ2) is 6.89. The number of nitrogens with one attached hydrogen (secondary N) is 2. The highest BCUT2D eigenvalue weighted by molar-refractivity contribution is 5.89. The van der Waals surface area contributed by atoms with Crippen molar-refractivity contribution in [1.29, 1.82) is 0 Å². The zero-order valence-corrected chi connectivity index (χ0v) is 14.3. The number of nitrogens with zero attached hydrogens (tertiary/aromatic N) is 2. The van der Waals surface area contributed by atoms with Gasteiger partial charge in [0.2, 0.25) is 5.91 Å². The van der Waals surface area contributed by atoms with Gasteiger partial charge < -0.3 is 20.4 Å². The molecule has 1 fully saturated rings. The summed E-state index contributed by atoms with van der Waals surface area (Å²) in [6.07, 6.45) is 0. The molecule has 1 heterocycles. The summed E-state index contributed by atoms with van der Waals surface area (Å²) in [5, 5.41) is 5.79. The average Bonchev–Trinajstić information content (AvgIpc) is 2.45. The van der Waals surface area contributed by atoms with Crippen molar-refractivity contribution in [1.82, 2.24) is 10.2 Å². The van der Waals surface area contributed by atoms with E-state index in [1.807, 2.05) is 49.9 Å². The number of carbonyl (C=O) groups is 2.